The number of nitrogens with two attached hydrogens (primary N) is 1. The maximum atomic E-state index is 9.73. The van der Waals surface area contributed by atoms with Crippen molar-refractivity contribution in [1.82, 2.24) is 4.90 Å². The van der Waals surface area contributed by atoms with Crippen molar-refractivity contribution in [3.05, 3.63) is 23.8 Å². The second-order valence-corrected chi connectivity index (χ2v) is 5.73. The van der Waals surface area contributed by atoms with E-state index in [9.17, 15) is 5.11 Å². The fourth-order valence-corrected chi connectivity index (χ4v) is 2.86. The highest BCUT2D eigenvalue weighted by Crippen LogP contribution is 2.29. The molecule has 20 heavy (non-hydrogen) atoms. The Hall–Kier alpha value is -1.26. The average Bonchev–Trinajstić information content (AvgIpc) is 2.45. The number of piperidine rings is 1. The second-order valence-electron chi connectivity index (χ2n) is 5.73. The monoisotopic (exact) mass is 278 g/mol. The second kappa shape index (κ2) is 6.95. The van der Waals surface area contributed by atoms with E-state index in [1.54, 1.807) is 6.07 Å². The molecule has 1 aromatic carbocycles. The maximum Gasteiger partial charge on any atom is 0.161 e. The predicted octanol–water partition coefficient (Wildman–Crippen LogP) is 2.21. The number of aromatic hydroxyl groups is 1. The van der Waals surface area contributed by atoms with E-state index in [1.165, 1.54) is 12.0 Å². The van der Waals surface area contributed by atoms with Crippen LogP contribution in [0.5, 0.6) is 11.5 Å². The molecule has 1 aliphatic rings. The third-order valence-corrected chi connectivity index (χ3v) is 4.23. The van der Waals surface area contributed by atoms with Crippen molar-refractivity contribution in [3.8, 4) is 11.5 Å². The van der Waals surface area contributed by atoms with E-state index in [0.717, 1.165) is 32.1 Å². The lowest BCUT2D eigenvalue weighted by atomic mass is 9.87. The number of nitrogens with zero attached hydrogens (tertiary/aromatic N) is 1. The summed E-state index contributed by atoms with van der Waals surface area (Å²) in [5.41, 5.74) is 7.03. The lowest BCUT2D eigenvalue weighted by Crippen LogP contribution is -2.42. The van der Waals surface area contributed by atoms with Crippen molar-refractivity contribution in [2.24, 2.45) is 17.6 Å². The van der Waals surface area contributed by atoms with Gasteiger partial charge in [-0.05, 0) is 56.0 Å². The minimum atomic E-state index is 0.211. The Labute approximate surface area is 121 Å². The summed E-state index contributed by atoms with van der Waals surface area (Å²) in [4.78, 5) is 2.44. The molecule has 1 fully saturated rings. The van der Waals surface area contributed by atoms with Crippen LogP contribution in [0.1, 0.15) is 25.8 Å². The molecule has 1 heterocycles. The van der Waals surface area contributed by atoms with Gasteiger partial charge >= 0.3 is 0 Å². The molecule has 3 N–H and O–H groups in total. The molecule has 112 valence electrons. The first-order valence-electron chi connectivity index (χ1n) is 7.51. The fraction of sp³-hybridized carbons (Fsp3) is 0.625. The first kappa shape index (κ1) is 15.1. The summed E-state index contributed by atoms with van der Waals surface area (Å²) < 4.78 is 5.44. The minimum absolute atomic E-state index is 0.211. The number of phenols is 1. The summed E-state index contributed by atoms with van der Waals surface area (Å²) in [5, 5.41) is 9.73. The largest absolute Gasteiger partial charge is 0.504 e. The standard InChI is InChI=1S/C16H26N2O2/c1-3-20-16-8-13(4-5-15(16)19)10-18-7-6-12(2)14(9-17)11-18/h4-5,8,12,14,19H,3,6-7,9-11,17H2,1-2H3. The van der Waals surface area contributed by atoms with Crippen LogP contribution in [0.3, 0.4) is 0 Å². The zero-order valence-electron chi connectivity index (χ0n) is 12.5. The molecule has 2 atom stereocenters. The van der Waals surface area contributed by atoms with Gasteiger partial charge in [0.05, 0.1) is 6.61 Å². The van der Waals surface area contributed by atoms with E-state index in [2.05, 4.69) is 11.8 Å². The van der Waals surface area contributed by atoms with Gasteiger partial charge in [-0.15, -0.1) is 0 Å². The number of benzene rings is 1. The molecule has 2 unspecified atom stereocenters. The topological polar surface area (TPSA) is 58.7 Å². The van der Waals surface area contributed by atoms with Gasteiger partial charge in [0.15, 0.2) is 11.5 Å². The van der Waals surface area contributed by atoms with Gasteiger partial charge in [-0.1, -0.05) is 13.0 Å². The Morgan fingerprint density at radius 2 is 2.25 bits per heavy atom. The first-order chi connectivity index (χ1) is 9.63. The van der Waals surface area contributed by atoms with Crippen molar-refractivity contribution in [2.75, 3.05) is 26.2 Å². The maximum absolute atomic E-state index is 9.73. The fourth-order valence-electron chi connectivity index (χ4n) is 2.86. The van der Waals surface area contributed by atoms with Crippen LogP contribution < -0.4 is 10.5 Å². The van der Waals surface area contributed by atoms with Gasteiger partial charge in [0.2, 0.25) is 0 Å². The predicted molar refractivity (Wildman–Crippen MR) is 80.9 cm³/mol. The Morgan fingerprint density at radius 1 is 1.45 bits per heavy atom. The summed E-state index contributed by atoms with van der Waals surface area (Å²) in [6.45, 7) is 8.60. The number of rotatable bonds is 5. The molecule has 0 spiro atoms. The zero-order valence-corrected chi connectivity index (χ0v) is 12.5. The molecule has 2 rings (SSSR count). The SMILES string of the molecule is CCOc1cc(CN2CCC(C)C(CN)C2)ccc1O. The quantitative estimate of drug-likeness (QED) is 0.867. The zero-order chi connectivity index (χ0) is 14.5. The Bertz CT molecular complexity index is 436. The molecule has 0 amide bonds. The van der Waals surface area contributed by atoms with E-state index >= 15 is 0 Å². The highest BCUT2D eigenvalue weighted by Gasteiger charge is 2.25. The van der Waals surface area contributed by atoms with Crippen LogP contribution in [0.25, 0.3) is 0 Å². The number of likely N-dealkylation sites (tertiary alicyclic amines) is 1. The number of phenolic OH excluding ortho intramolecular Hbond substituents is 1. The first-order valence-corrected chi connectivity index (χ1v) is 7.51. The molecule has 0 radical (unpaired) electrons. The van der Waals surface area contributed by atoms with Crippen molar-refractivity contribution in [3.63, 3.8) is 0 Å². The lowest BCUT2D eigenvalue weighted by molar-refractivity contribution is 0.126. The molecule has 1 aromatic rings. The molecule has 1 saturated heterocycles. The molecular formula is C16H26N2O2. The summed E-state index contributed by atoms with van der Waals surface area (Å²) in [6.07, 6.45) is 1.21. The molecule has 4 nitrogen and oxygen atoms in total. The van der Waals surface area contributed by atoms with Crippen LogP contribution in [0.15, 0.2) is 18.2 Å². The molecule has 4 heteroatoms. The van der Waals surface area contributed by atoms with Crippen LogP contribution in [0.4, 0.5) is 0 Å². The van der Waals surface area contributed by atoms with E-state index < -0.39 is 0 Å². The average molecular weight is 278 g/mol. The molecule has 0 bridgehead atoms. The number of hydrogen-bond donors (Lipinski definition) is 2. The van der Waals surface area contributed by atoms with Crippen LogP contribution in [-0.4, -0.2) is 36.2 Å². The van der Waals surface area contributed by atoms with Gasteiger partial charge < -0.3 is 15.6 Å². The highest BCUT2D eigenvalue weighted by molar-refractivity contribution is 5.41. The van der Waals surface area contributed by atoms with Crippen molar-refractivity contribution >= 4 is 0 Å². The van der Waals surface area contributed by atoms with Crippen LogP contribution >= 0.6 is 0 Å². The summed E-state index contributed by atoms with van der Waals surface area (Å²) in [6, 6.07) is 5.62. The molecule has 0 aromatic heterocycles. The van der Waals surface area contributed by atoms with Gasteiger partial charge in [0.25, 0.3) is 0 Å². The third kappa shape index (κ3) is 3.64. The molecular weight excluding hydrogens is 252 g/mol. The lowest BCUT2D eigenvalue weighted by Gasteiger charge is -2.36. The molecule has 0 aliphatic carbocycles. The van der Waals surface area contributed by atoms with Gasteiger partial charge in [0, 0.05) is 13.1 Å². The Morgan fingerprint density at radius 3 is 2.95 bits per heavy atom. The highest BCUT2D eigenvalue weighted by atomic mass is 16.5. The molecule has 1 aliphatic heterocycles. The number of hydrogen-bond acceptors (Lipinski definition) is 4. The normalized spacial score (nSPS) is 23.8. The van der Waals surface area contributed by atoms with Crippen molar-refractivity contribution in [1.29, 1.82) is 0 Å². The Kier molecular flexibility index (Phi) is 5.26. The molecule has 0 saturated carbocycles. The summed E-state index contributed by atoms with van der Waals surface area (Å²) >= 11 is 0. The Balaban J connectivity index is 2.01. The smallest absolute Gasteiger partial charge is 0.161 e. The van der Waals surface area contributed by atoms with Gasteiger partial charge in [0.1, 0.15) is 0 Å². The van der Waals surface area contributed by atoms with Crippen molar-refractivity contribution < 1.29 is 9.84 Å². The van der Waals surface area contributed by atoms with Gasteiger partial charge in [-0.2, -0.15) is 0 Å². The van der Waals surface area contributed by atoms with Gasteiger partial charge in [-0.25, -0.2) is 0 Å². The third-order valence-electron chi connectivity index (χ3n) is 4.23. The van der Waals surface area contributed by atoms with E-state index in [4.69, 9.17) is 10.5 Å². The van der Waals surface area contributed by atoms with Crippen LogP contribution in [-0.2, 0) is 6.54 Å². The van der Waals surface area contributed by atoms with Crippen LogP contribution in [0.2, 0.25) is 0 Å². The van der Waals surface area contributed by atoms with E-state index in [0.29, 0.717) is 18.3 Å². The van der Waals surface area contributed by atoms with Crippen molar-refractivity contribution in [2.45, 2.75) is 26.8 Å². The van der Waals surface area contributed by atoms with E-state index in [-0.39, 0.29) is 5.75 Å². The van der Waals surface area contributed by atoms with Crippen LogP contribution in [0, 0.1) is 11.8 Å². The summed E-state index contributed by atoms with van der Waals surface area (Å²) in [7, 11) is 0. The number of ether oxygens (including phenoxy) is 1. The van der Waals surface area contributed by atoms with E-state index in [1.807, 2.05) is 19.1 Å². The summed E-state index contributed by atoms with van der Waals surface area (Å²) in [5.74, 6) is 2.09. The minimum Gasteiger partial charge on any atom is -0.504 e. The van der Waals surface area contributed by atoms with Gasteiger partial charge in [-0.3, -0.25) is 4.90 Å².